The highest BCUT2D eigenvalue weighted by atomic mass is 35.5. The van der Waals surface area contributed by atoms with Crippen molar-refractivity contribution in [1.29, 1.82) is 0 Å². The number of para-hydroxylation sites is 1. The van der Waals surface area contributed by atoms with Crippen LogP contribution in [0, 0.1) is 0 Å². The largest absolute Gasteiger partial charge is 0.324 e. The van der Waals surface area contributed by atoms with Crippen molar-refractivity contribution in [1.82, 2.24) is 9.78 Å². The summed E-state index contributed by atoms with van der Waals surface area (Å²) in [7, 11) is 1.75. The molecule has 0 atom stereocenters. The third-order valence-electron chi connectivity index (χ3n) is 2.31. The lowest BCUT2D eigenvalue weighted by Gasteiger charge is -2.01. The van der Waals surface area contributed by atoms with Gasteiger partial charge in [0.05, 0.1) is 12.1 Å². The smallest absolute Gasteiger partial charge is 0.178 e. The first-order chi connectivity index (χ1) is 7.15. The Bertz CT molecular complexity index is 533. The Balaban J connectivity index is 2.80. The summed E-state index contributed by atoms with van der Waals surface area (Å²) in [6.45, 7) is -0.0120. The molecule has 0 spiro atoms. The van der Waals surface area contributed by atoms with E-state index in [1.165, 1.54) is 0 Å². The van der Waals surface area contributed by atoms with Crippen LogP contribution in [0.1, 0.15) is 10.4 Å². The van der Waals surface area contributed by atoms with Gasteiger partial charge in [-0.1, -0.05) is 17.7 Å². The fourth-order valence-corrected chi connectivity index (χ4v) is 1.90. The number of fused-ring (bicyclic) bond motifs is 1. The van der Waals surface area contributed by atoms with E-state index in [2.05, 4.69) is 5.10 Å². The van der Waals surface area contributed by atoms with Gasteiger partial charge in [-0.25, -0.2) is 0 Å². The highest BCUT2D eigenvalue weighted by Gasteiger charge is 2.14. The Morgan fingerprint density at radius 1 is 1.60 bits per heavy atom. The molecule has 0 saturated carbocycles. The molecule has 0 fully saturated rings. The number of aryl methyl sites for hydroxylation is 1. The van der Waals surface area contributed by atoms with Crippen LogP contribution >= 0.6 is 11.6 Å². The first-order valence-corrected chi connectivity index (χ1v) is 4.87. The maximum absolute atomic E-state index is 11.6. The van der Waals surface area contributed by atoms with Crippen LogP contribution in [0.15, 0.2) is 18.2 Å². The molecule has 2 aromatic rings. The number of carbonyl (C=O) groups is 1. The van der Waals surface area contributed by atoms with Gasteiger partial charge in [0.1, 0.15) is 0 Å². The lowest BCUT2D eigenvalue weighted by molar-refractivity contribution is 0.100. The third-order valence-corrected chi connectivity index (χ3v) is 2.58. The molecule has 2 rings (SSSR count). The topological polar surface area (TPSA) is 60.9 Å². The van der Waals surface area contributed by atoms with Crippen molar-refractivity contribution in [2.45, 2.75) is 0 Å². The van der Waals surface area contributed by atoms with Crippen molar-refractivity contribution in [2.75, 3.05) is 6.54 Å². The number of carbonyl (C=O) groups excluding carboxylic acids is 1. The second-order valence-corrected chi connectivity index (χ2v) is 3.60. The summed E-state index contributed by atoms with van der Waals surface area (Å²) >= 11 is 5.92. The van der Waals surface area contributed by atoms with Crippen LogP contribution in [0.5, 0.6) is 0 Å². The number of benzene rings is 1. The van der Waals surface area contributed by atoms with Gasteiger partial charge in [0, 0.05) is 18.0 Å². The average Bonchev–Trinajstić information content (AvgIpc) is 2.54. The highest BCUT2D eigenvalue weighted by molar-refractivity contribution is 6.34. The van der Waals surface area contributed by atoms with Crippen LogP contribution in [0.4, 0.5) is 0 Å². The third kappa shape index (κ3) is 1.52. The fraction of sp³-hybridized carbons (Fsp3) is 0.200. The summed E-state index contributed by atoms with van der Waals surface area (Å²) in [5.41, 5.74) is 6.64. The van der Waals surface area contributed by atoms with Crippen molar-refractivity contribution in [3.05, 3.63) is 28.9 Å². The maximum Gasteiger partial charge on any atom is 0.178 e. The molecule has 0 saturated heterocycles. The second-order valence-electron chi connectivity index (χ2n) is 3.24. The normalized spacial score (nSPS) is 10.9. The SMILES string of the molecule is Cn1nc(Cl)c2cccc(C(=O)CN)c21. The Morgan fingerprint density at radius 3 is 3.00 bits per heavy atom. The number of Topliss-reactive ketones (excluding diaryl/α,β-unsaturated/α-hetero) is 1. The molecule has 5 heteroatoms. The van der Waals surface area contributed by atoms with Crippen molar-refractivity contribution < 1.29 is 4.79 Å². The highest BCUT2D eigenvalue weighted by Crippen LogP contribution is 2.25. The van der Waals surface area contributed by atoms with Gasteiger partial charge in [0.2, 0.25) is 0 Å². The summed E-state index contributed by atoms with van der Waals surface area (Å²) in [5, 5.41) is 5.23. The minimum Gasteiger partial charge on any atom is -0.324 e. The van der Waals surface area contributed by atoms with E-state index in [9.17, 15) is 4.79 Å². The van der Waals surface area contributed by atoms with E-state index < -0.39 is 0 Å². The Labute approximate surface area is 91.6 Å². The van der Waals surface area contributed by atoms with Gasteiger partial charge in [0.15, 0.2) is 10.9 Å². The molecule has 0 amide bonds. The number of nitrogens with zero attached hydrogens (tertiary/aromatic N) is 2. The molecule has 15 heavy (non-hydrogen) atoms. The molecule has 0 radical (unpaired) electrons. The quantitative estimate of drug-likeness (QED) is 0.783. The Morgan fingerprint density at radius 2 is 2.33 bits per heavy atom. The van der Waals surface area contributed by atoms with Crippen LogP contribution in [0.25, 0.3) is 10.9 Å². The van der Waals surface area contributed by atoms with Gasteiger partial charge < -0.3 is 5.73 Å². The lowest BCUT2D eigenvalue weighted by Crippen LogP contribution is -2.14. The van der Waals surface area contributed by atoms with Crippen molar-refractivity contribution in [3.8, 4) is 0 Å². The first-order valence-electron chi connectivity index (χ1n) is 4.49. The maximum atomic E-state index is 11.6. The number of hydrogen-bond donors (Lipinski definition) is 1. The van der Waals surface area contributed by atoms with Gasteiger partial charge in [-0.15, -0.1) is 0 Å². The molecule has 0 bridgehead atoms. The van der Waals surface area contributed by atoms with E-state index in [1.807, 2.05) is 6.07 Å². The van der Waals surface area contributed by atoms with Crippen molar-refractivity contribution in [2.24, 2.45) is 12.8 Å². The minimum absolute atomic E-state index is 0.0120. The van der Waals surface area contributed by atoms with Gasteiger partial charge in [-0.05, 0) is 12.1 Å². The van der Waals surface area contributed by atoms with E-state index in [4.69, 9.17) is 17.3 Å². The summed E-state index contributed by atoms with van der Waals surface area (Å²) in [6.07, 6.45) is 0. The van der Waals surface area contributed by atoms with Crippen molar-refractivity contribution >= 4 is 28.3 Å². The predicted molar refractivity (Wildman–Crippen MR) is 59.1 cm³/mol. The molecule has 2 N–H and O–H groups in total. The van der Waals surface area contributed by atoms with Crippen molar-refractivity contribution in [3.63, 3.8) is 0 Å². The zero-order chi connectivity index (χ0) is 11.0. The summed E-state index contributed by atoms with van der Waals surface area (Å²) < 4.78 is 1.60. The molecule has 78 valence electrons. The van der Waals surface area contributed by atoms with E-state index in [0.29, 0.717) is 10.7 Å². The fourth-order valence-electron chi connectivity index (χ4n) is 1.63. The summed E-state index contributed by atoms with van der Waals surface area (Å²) in [5.74, 6) is -0.111. The van der Waals surface area contributed by atoms with E-state index in [0.717, 1.165) is 10.9 Å². The lowest BCUT2D eigenvalue weighted by atomic mass is 10.1. The molecule has 0 aliphatic carbocycles. The van der Waals surface area contributed by atoms with Gasteiger partial charge in [-0.3, -0.25) is 9.48 Å². The Kier molecular flexibility index (Phi) is 2.46. The minimum atomic E-state index is -0.111. The van der Waals surface area contributed by atoms with Crippen LogP contribution in [0.2, 0.25) is 5.15 Å². The summed E-state index contributed by atoms with van der Waals surface area (Å²) in [4.78, 5) is 11.6. The molecule has 0 unspecified atom stereocenters. The van der Waals surface area contributed by atoms with Crippen LogP contribution in [-0.2, 0) is 7.05 Å². The van der Waals surface area contributed by atoms with Crippen LogP contribution in [-0.4, -0.2) is 22.1 Å². The molecule has 0 aliphatic heterocycles. The van der Waals surface area contributed by atoms with E-state index >= 15 is 0 Å². The number of halogens is 1. The Hall–Kier alpha value is -1.39. The zero-order valence-electron chi connectivity index (χ0n) is 8.20. The standard InChI is InChI=1S/C10H10ClN3O/c1-14-9-6(8(15)5-12)3-2-4-7(9)10(11)13-14/h2-4H,5,12H2,1H3. The van der Waals surface area contributed by atoms with E-state index in [-0.39, 0.29) is 12.3 Å². The second kappa shape index (κ2) is 3.64. The van der Waals surface area contributed by atoms with Gasteiger partial charge >= 0.3 is 0 Å². The number of nitrogens with two attached hydrogens (primary N) is 1. The van der Waals surface area contributed by atoms with Crippen LogP contribution in [0.3, 0.4) is 0 Å². The number of ketones is 1. The number of aromatic nitrogens is 2. The van der Waals surface area contributed by atoms with Gasteiger partial charge in [-0.2, -0.15) is 5.10 Å². The van der Waals surface area contributed by atoms with E-state index in [1.54, 1.807) is 23.9 Å². The predicted octanol–water partition coefficient (Wildman–Crippen LogP) is 1.37. The molecule has 1 aromatic carbocycles. The monoisotopic (exact) mass is 223 g/mol. The molecule has 0 aliphatic rings. The molecule has 1 heterocycles. The molecule has 4 nitrogen and oxygen atoms in total. The van der Waals surface area contributed by atoms with Gasteiger partial charge in [0.25, 0.3) is 0 Å². The average molecular weight is 224 g/mol. The molecular formula is C10H10ClN3O. The molecule has 1 aromatic heterocycles. The first kappa shape index (κ1) is 10.1. The zero-order valence-corrected chi connectivity index (χ0v) is 8.95. The summed E-state index contributed by atoms with van der Waals surface area (Å²) in [6, 6.07) is 5.34. The number of hydrogen-bond acceptors (Lipinski definition) is 3. The van der Waals surface area contributed by atoms with Crippen LogP contribution < -0.4 is 5.73 Å². The number of rotatable bonds is 2. The molecular weight excluding hydrogens is 214 g/mol.